The number of benzene rings is 1. The van der Waals surface area contributed by atoms with Gasteiger partial charge in [-0.2, -0.15) is 0 Å². The minimum atomic E-state index is -2.51. The third-order valence-electron chi connectivity index (χ3n) is 2.03. The Morgan fingerprint density at radius 1 is 1.56 bits per heavy atom. The van der Waals surface area contributed by atoms with E-state index in [0.717, 1.165) is 0 Å². The minimum Gasteiger partial charge on any atom is -0.478 e. The van der Waals surface area contributed by atoms with Crippen LogP contribution >= 0.6 is 15.9 Å². The molecule has 0 heterocycles. The van der Waals surface area contributed by atoms with Crippen molar-refractivity contribution in [3.05, 3.63) is 28.2 Å². The molecule has 0 atom stereocenters. The lowest BCUT2D eigenvalue weighted by Gasteiger charge is -2.21. The first-order valence-corrected chi connectivity index (χ1v) is 5.24. The summed E-state index contributed by atoms with van der Waals surface area (Å²) < 4.78 is 24.8. The van der Waals surface area contributed by atoms with E-state index in [-0.39, 0.29) is 11.3 Å². The zero-order chi connectivity index (χ0) is 12.3. The van der Waals surface area contributed by atoms with Gasteiger partial charge in [0.2, 0.25) is 0 Å². The molecule has 0 radical (unpaired) electrons. The molecule has 0 saturated carbocycles. The van der Waals surface area contributed by atoms with Crippen molar-refractivity contribution in [2.24, 2.45) is 0 Å². The second kappa shape index (κ2) is 5.25. The van der Waals surface area contributed by atoms with Crippen LogP contribution in [0.15, 0.2) is 22.7 Å². The highest BCUT2D eigenvalue weighted by Gasteiger charge is 2.18. The summed E-state index contributed by atoms with van der Waals surface area (Å²) >= 11 is 3.09. The smallest absolute Gasteiger partial charge is 0.338 e. The Labute approximate surface area is 99.8 Å². The first-order chi connectivity index (χ1) is 7.43. The zero-order valence-corrected chi connectivity index (χ0v) is 10.0. The highest BCUT2D eigenvalue weighted by molar-refractivity contribution is 9.10. The molecule has 0 aliphatic carbocycles. The Morgan fingerprint density at radius 2 is 2.19 bits per heavy atom. The lowest BCUT2D eigenvalue weighted by atomic mass is 10.1. The van der Waals surface area contributed by atoms with E-state index in [9.17, 15) is 13.6 Å². The number of halogens is 3. The summed E-state index contributed by atoms with van der Waals surface area (Å²) in [5.74, 6) is -1.15. The SMILES string of the molecule is CN(CC(F)F)c1cccc(Br)c1C(=O)O. The topological polar surface area (TPSA) is 40.5 Å². The van der Waals surface area contributed by atoms with Crippen molar-refractivity contribution >= 4 is 27.6 Å². The Kier molecular flexibility index (Phi) is 4.23. The highest BCUT2D eigenvalue weighted by Crippen LogP contribution is 2.27. The molecule has 0 aliphatic heterocycles. The molecule has 0 unspecified atom stereocenters. The van der Waals surface area contributed by atoms with Gasteiger partial charge in [0.15, 0.2) is 0 Å². The van der Waals surface area contributed by atoms with Crippen LogP contribution in [0.25, 0.3) is 0 Å². The summed E-state index contributed by atoms with van der Waals surface area (Å²) in [5.41, 5.74) is 0.257. The second-order valence-electron chi connectivity index (χ2n) is 3.21. The molecule has 16 heavy (non-hydrogen) atoms. The predicted octanol–water partition coefficient (Wildman–Crippen LogP) is 2.85. The van der Waals surface area contributed by atoms with Gasteiger partial charge in [-0.25, -0.2) is 13.6 Å². The minimum absolute atomic E-state index is 0.00866. The number of nitrogens with zero attached hydrogens (tertiary/aromatic N) is 1. The van der Waals surface area contributed by atoms with Gasteiger partial charge >= 0.3 is 5.97 Å². The van der Waals surface area contributed by atoms with Crippen molar-refractivity contribution in [2.75, 3.05) is 18.5 Å². The largest absolute Gasteiger partial charge is 0.478 e. The zero-order valence-electron chi connectivity index (χ0n) is 8.45. The molecule has 88 valence electrons. The van der Waals surface area contributed by atoms with Gasteiger partial charge in [-0.1, -0.05) is 6.07 Å². The van der Waals surface area contributed by atoms with Gasteiger partial charge in [-0.15, -0.1) is 0 Å². The monoisotopic (exact) mass is 293 g/mol. The second-order valence-corrected chi connectivity index (χ2v) is 4.07. The number of hydrogen-bond acceptors (Lipinski definition) is 2. The van der Waals surface area contributed by atoms with Gasteiger partial charge in [0.25, 0.3) is 6.43 Å². The first-order valence-electron chi connectivity index (χ1n) is 4.44. The summed E-state index contributed by atoms with van der Waals surface area (Å²) in [4.78, 5) is 12.2. The van der Waals surface area contributed by atoms with E-state index in [1.165, 1.54) is 18.0 Å². The number of carbonyl (C=O) groups is 1. The van der Waals surface area contributed by atoms with Crippen LogP contribution in [0.5, 0.6) is 0 Å². The number of rotatable bonds is 4. The van der Waals surface area contributed by atoms with Gasteiger partial charge in [0, 0.05) is 11.5 Å². The summed E-state index contributed by atoms with van der Waals surface area (Å²) in [6, 6.07) is 4.66. The van der Waals surface area contributed by atoms with E-state index in [0.29, 0.717) is 4.47 Å². The molecule has 0 bridgehead atoms. The molecule has 1 aromatic carbocycles. The molecule has 0 amide bonds. The highest BCUT2D eigenvalue weighted by atomic mass is 79.9. The fourth-order valence-corrected chi connectivity index (χ4v) is 1.87. The molecule has 1 N–H and O–H groups in total. The van der Waals surface area contributed by atoms with Gasteiger partial charge < -0.3 is 10.0 Å². The van der Waals surface area contributed by atoms with Crippen LogP contribution in [-0.4, -0.2) is 31.1 Å². The summed E-state index contributed by atoms with van der Waals surface area (Å²) in [7, 11) is 1.43. The molecule has 0 aliphatic rings. The van der Waals surface area contributed by atoms with Crippen LogP contribution in [0.1, 0.15) is 10.4 Å². The molecular weight excluding hydrogens is 284 g/mol. The van der Waals surface area contributed by atoms with E-state index in [4.69, 9.17) is 5.11 Å². The number of aromatic carboxylic acids is 1. The van der Waals surface area contributed by atoms with Crippen molar-refractivity contribution in [1.82, 2.24) is 0 Å². The molecule has 0 fully saturated rings. The maximum atomic E-state index is 12.2. The number of alkyl halides is 2. The van der Waals surface area contributed by atoms with E-state index >= 15 is 0 Å². The molecule has 1 rings (SSSR count). The molecule has 0 saturated heterocycles. The number of hydrogen-bond donors (Lipinski definition) is 1. The third kappa shape index (κ3) is 2.91. The predicted molar refractivity (Wildman–Crippen MR) is 60.4 cm³/mol. The first kappa shape index (κ1) is 12.9. The van der Waals surface area contributed by atoms with Crippen LogP contribution in [-0.2, 0) is 0 Å². The molecule has 0 aromatic heterocycles. The average Bonchev–Trinajstić information content (AvgIpc) is 2.15. The lowest BCUT2D eigenvalue weighted by molar-refractivity contribution is 0.0696. The molecule has 0 spiro atoms. The Bertz CT molecular complexity index is 398. The van der Waals surface area contributed by atoms with Crippen LogP contribution in [0.2, 0.25) is 0 Å². The van der Waals surface area contributed by atoms with E-state index in [1.807, 2.05) is 0 Å². The normalized spacial score (nSPS) is 10.6. The van der Waals surface area contributed by atoms with Crippen molar-refractivity contribution in [3.63, 3.8) is 0 Å². The van der Waals surface area contributed by atoms with Gasteiger partial charge in [0.1, 0.15) is 0 Å². The van der Waals surface area contributed by atoms with Crippen LogP contribution in [0.4, 0.5) is 14.5 Å². The van der Waals surface area contributed by atoms with E-state index in [1.54, 1.807) is 12.1 Å². The summed E-state index contributed by atoms with van der Waals surface area (Å²) in [6.45, 7) is -0.503. The summed E-state index contributed by atoms with van der Waals surface area (Å²) in [5, 5.41) is 8.99. The average molecular weight is 294 g/mol. The fourth-order valence-electron chi connectivity index (χ4n) is 1.35. The number of carboxylic acid groups (broad SMARTS) is 1. The lowest BCUT2D eigenvalue weighted by Crippen LogP contribution is -2.26. The Balaban J connectivity index is 3.12. The Morgan fingerprint density at radius 3 is 2.69 bits per heavy atom. The molecule has 1 aromatic rings. The molecular formula is C10H10BrF2NO2. The van der Waals surface area contributed by atoms with Gasteiger partial charge in [-0.05, 0) is 28.1 Å². The van der Waals surface area contributed by atoms with E-state index in [2.05, 4.69) is 15.9 Å². The standard InChI is InChI=1S/C10H10BrF2NO2/c1-14(5-8(12)13)7-4-2-3-6(11)9(7)10(15)16/h2-4,8H,5H2,1H3,(H,15,16). The van der Waals surface area contributed by atoms with Crippen molar-refractivity contribution < 1.29 is 18.7 Å². The van der Waals surface area contributed by atoms with Crippen molar-refractivity contribution in [1.29, 1.82) is 0 Å². The van der Waals surface area contributed by atoms with Crippen LogP contribution in [0.3, 0.4) is 0 Å². The van der Waals surface area contributed by atoms with Gasteiger partial charge in [0.05, 0.1) is 17.8 Å². The van der Waals surface area contributed by atoms with Gasteiger partial charge in [-0.3, -0.25) is 0 Å². The summed E-state index contributed by atoms with van der Waals surface area (Å²) in [6.07, 6.45) is -2.51. The van der Waals surface area contributed by atoms with Crippen molar-refractivity contribution in [2.45, 2.75) is 6.43 Å². The van der Waals surface area contributed by atoms with Crippen LogP contribution < -0.4 is 4.90 Å². The Hall–Kier alpha value is -1.17. The van der Waals surface area contributed by atoms with E-state index < -0.39 is 18.9 Å². The molecule has 3 nitrogen and oxygen atoms in total. The van der Waals surface area contributed by atoms with Crippen molar-refractivity contribution in [3.8, 4) is 0 Å². The fraction of sp³-hybridized carbons (Fsp3) is 0.300. The maximum Gasteiger partial charge on any atom is 0.338 e. The number of carboxylic acids is 1. The maximum absolute atomic E-state index is 12.2. The quantitative estimate of drug-likeness (QED) is 0.928. The third-order valence-corrected chi connectivity index (χ3v) is 2.69. The van der Waals surface area contributed by atoms with Crippen LogP contribution in [0, 0.1) is 0 Å². The molecule has 6 heteroatoms. The number of anilines is 1.